The lowest BCUT2D eigenvalue weighted by molar-refractivity contribution is -0.123. The molecule has 0 aromatic carbocycles. The lowest BCUT2D eigenvalue weighted by Crippen LogP contribution is -2.47. The quantitative estimate of drug-likeness (QED) is 0.679. The SMILES string of the molecule is CCC(C)NC(=O)CN(C)CC1CNCCO1. The van der Waals surface area contributed by atoms with Gasteiger partial charge in [-0.25, -0.2) is 0 Å². The number of hydrogen-bond acceptors (Lipinski definition) is 4. The molecule has 0 aromatic heterocycles. The maximum absolute atomic E-state index is 11.7. The van der Waals surface area contributed by atoms with Crippen molar-refractivity contribution in [1.82, 2.24) is 15.5 Å². The highest BCUT2D eigenvalue weighted by atomic mass is 16.5. The second kappa shape index (κ2) is 7.63. The molecule has 2 atom stereocenters. The van der Waals surface area contributed by atoms with Crippen LogP contribution >= 0.6 is 0 Å². The molecule has 0 bridgehead atoms. The van der Waals surface area contributed by atoms with E-state index in [0.29, 0.717) is 6.54 Å². The number of amides is 1. The van der Waals surface area contributed by atoms with Gasteiger partial charge in [-0.05, 0) is 20.4 Å². The molecule has 2 unspecified atom stereocenters. The second-order valence-corrected chi connectivity index (χ2v) is 4.77. The number of likely N-dealkylation sites (N-methyl/N-ethyl adjacent to an activating group) is 1. The molecule has 0 spiro atoms. The molecule has 100 valence electrons. The van der Waals surface area contributed by atoms with Crippen LogP contribution in [0, 0.1) is 0 Å². The number of nitrogens with zero attached hydrogens (tertiary/aromatic N) is 1. The standard InChI is InChI=1S/C12H25N3O2/c1-4-10(2)14-12(16)9-15(3)8-11-7-13-5-6-17-11/h10-11,13H,4-9H2,1-3H3,(H,14,16). The first-order valence-electron chi connectivity index (χ1n) is 6.42. The van der Waals surface area contributed by atoms with Gasteiger partial charge in [0.25, 0.3) is 0 Å². The van der Waals surface area contributed by atoms with Gasteiger partial charge in [0, 0.05) is 25.7 Å². The van der Waals surface area contributed by atoms with Gasteiger partial charge in [-0.3, -0.25) is 9.69 Å². The average molecular weight is 243 g/mol. The Labute approximate surface area is 104 Å². The molecule has 1 fully saturated rings. The van der Waals surface area contributed by atoms with Crippen LogP contribution in [-0.2, 0) is 9.53 Å². The van der Waals surface area contributed by atoms with Crippen molar-refractivity contribution in [2.24, 2.45) is 0 Å². The van der Waals surface area contributed by atoms with E-state index in [2.05, 4.69) is 17.6 Å². The maximum atomic E-state index is 11.7. The van der Waals surface area contributed by atoms with Gasteiger partial charge in [0.05, 0.1) is 19.3 Å². The highest BCUT2D eigenvalue weighted by molar-refractivity contribution is 5.78. The van der Waals surface area contributed by atoms with E-state index in [1.807, 2.05) is 18.9 Å². The summed E-state index contributed by atoms with van der Waals surface area (Å²) in [6.45, 7) is 7.87. The van der Waals surface area contributed by atoms with Gasteiger partial charge in [-0.2, -0.15) is 0 Å². The Bertz CT molecular complexity index is 230. The summed E-state index contributed by atoms with van der Waals surface area (Å²) in [4.78, 5) is 13.7. The van der Waals surface area contributed by atoms with Crippen molar-refractivity contribution in [2.45, 2.75) is 32.4 Å². The number of ether oxygens (including phenoxy) is 1. The van der Waals surface area contributed by atoms with Crippen LogP contribution in [0.15, 0.2) is 0 Å². The van der Waals surface area contributed by atoms with Crippen molar-refractivity contribution in [2.75, 3.05) is 39.8 Å². The van der Waals surface area contributed by atoms with E-state index in [1.165, 1.54) is 0 Å². The molecular formula is C12H25N3O2. The van der Waals surface area contributed by atoms with Gasteiger partial charge in [-0.15, -0.1) is 0 Å². The van der Waals surface area contributed by atoms with Gasteiger partial charge < -0.3 is 15.4 Å². The van der Waals surface area contributed by atoms with Crippen molar-refractivity contribution in [3.05, 3.63) is 0 Å². The van der Waals surface area contributed by atoms with Crippen LogP contribution in [0.25, 0.3) is 0 Å². The Morgan fingerprint density at radius 1 is 1.65 bits per heavy atom. The van der Waals surface area contributed by atoms with Crippen LogP contribution < -0.4 is 10.6 Å². The first-order valence-corrected chi connectivity index (χ1v) is 6.42. The fourth-order valence-electron chi connectivity index (χ4n) is 1.82. The molecule has 1 aliphatic heterocycles. The van der Waals surface area contributed by atoms with Gasteiger partial charge in [0.2, 0.25) is 5.91 Å². The zero-order valence-corrected chi connectivity index (χ0v) is 11.2. The summed E-state index contributed by atoms with van der Waals surface area (Å²) in [5.41, 5.74) is 0. The van der Waals surface area contributed by atoms with E-state index in [4.69, 9.17) is 4.74 Å². The highest BCUT2D eigenvalue weighted by Crippen LogP contribution is 1.98. The molecule has 17 heavy (non-hydrogen) atoms. The number of rotatable bonds is 6. The smallest absolute Gasteiger partial charge is 0.234 e. The minimum atomic E-state index is 0.0885. The zero-order chi connectivity index (χ0) is 12.7. The van der Waals surface area contributed by atoms with E-state index in [-0.39, 0.29) is 18.1 Å². The van der Waals surface area contributed by atoms with E-state index < -0.39 is 0 Å². The van der Waals surface area contributed by atoms with Gasteiger partial charge >= 0.3 is 0 Å². The van der Waals surface area contributed by atoms with Gasteiger partial charge in [0.1, 0.15) is 0 Å². The number of hydrogen-bond donors (Lipinski definition) is 2. The van der Waals surface area contributed by atoms with E-state index in [0.717, 1.165) is 32.7 Å². The Balaban J connectivity index is 2.18. The molecule has 5 heteroatoms. The maximum Gasteiger partial charge on any atom is 0.234 e. The predicted molar refractivity (Wildman–Crippen MR) is 68.0 cm³/mol. The Morgan fingerprint density at radius 3 is 3.00 bits per heavy atom. The van der Waals surface area contributed by atoms with Crippen LogP contribution in [0.4, 0.5) is 0 Å². The third-order valence-corrected chi connectivity index (χ3v) is 2.95. The largest absolute Gasteiger partial charge is 0.374 e. The molecule has 1 saturated heterocycles. The summed E-state index contributed by atoms with van der Waals surface area (Å²) in [6, 6.07) is 0.253. The van der Waals surface area contributed by atoms with Crippen LogP contribution in [0.3, 0.4) is 0 Å². The van der Waals surface area contributed by atoms with Crippen molar-refractivity contribution in [3.8, 4) is 0 Å². The van der Waals surface area contributed by atoms with Crippen LogP contribution in [-0.4, -0.2) is 62.8 Å². The molecule has 2 N–H and O–H groups in total. The van der Waals surface area contributed by atoms with Crippen molar-refractivity contribution < 1.29 is 9.53 Å². The fourth-order valence-corrected chi connectivity index (χ4v) is 1.82. The Morgan fingerprint density at radius 2 is 2.41 bits per heavy atom. The van der Waals surface area contributed by atoms with Gasteiger partial charge in [-0.1, -0.05) is 6.92 Å². The molecule has 0 aliphatic carbocycles. The average Bonchev–Trinajstić information content (AvgIpc) is 2.29. The van der Waals surface area contributed by atoms with Crippen LogP contribution in [0.2, 0.25) is 0 Å². The van der Waals surface area contributed by atoms with Crippen molar-refractivity contribution in [1.29, 1.82) is 0 Å². The normalized spacial score (nSPS) is 22.5. The van der Waals surface area contributed by atoms with Crippen LogP contribution in [0.5, 0.6) is 0 Å². The Hall–Kier alpha value is -0.650. The number of carbonyl (C=O) groups is 1. The monoisotopic (exact) mass is 243 g/mol. The minimum absolute atomic E-state index is 0.0885. The van der Waals surface area contributed by atoms with Crippen molar-refractivity contribution >= 4 is 5.91 Å². The lowest BCUT2D eigenvalue weighted by Gasteiger charge is -2.27. The summed E-state index contributed by atoms with van der Waals surface area (Å²) in [7, 11) is 1.95. The summed E-state index contributed by atoms with van der Waals surface area (Å²) in [5, 5.41) is 6.24. The molecular weight excluding hydrogens is 218 g/mol. The third-order valence-electron chi connectivity index (χ3n) is 2.95. The molecule has 1 aliphatic rings. The van der Waals surface area contributed by atoms with Crippen molar-refractivity contribution in [3.63, 3.8) is 0 Å². The molecule has 1 rings (SSSR count). The number of morpholine rings is 1. The van der Waals surface area contributed by atoms with Gasteiger partial charge in [0.15, 0.2) is 0 Å². The Kier molecular flexibility index (Phi) is 6.47. The minimum Gasteiger partial charge on any atom is -0.374 e. The second-order valence-electron chi connectivity index (χ2n) is 4.77. The molecule has 0 aromatic rings. The summed E-state index contributed by atoms with van der Waals surface area (Å²) in [5.74, 6) is 0.0885. The number of carbonyl (C=O) groups excluding carboxylic acids is 1. The van der Waals surface area contributed by atoms with E-state index in [1.54, 1.807) is 0 Å². The number of nitrogens with one attached hydrogen (secondary N) is 2. The summed E-state index contributed by atoms with van der Waals surface area (Å²) in [6.07, 6.45) is 1.16. The summed E-state index contributed by atoms with van der Waals surface area (Å²) < 4.78 is 5.60. The predicted octanol–water partition coefficient (Wildman–Crippen LogP) is -0.179. The lowest BCUT2D eigenvalue weighted by atomic mass is 10.2. The zero-order valence-electron chi connectivity index (χ0n) is 11.2. The fraction of sp³-hybridized carbons (Fsp3) is 0.917. The first kappa shape index (κ1) is 14.4. The molecule has 1 heterocycles. The molecule has 0 saturated carbocycles. The topological polar surface area (TPSA) is 53.6 Å². The molecule has 0 radical (unpaired) electrons. The summed E-state index contributed by atoms with van der Waals surface area (Å²) >= 11 is 0. The third kappa shape index (κ3) is 6.00. The highest BCUT2D eigenvalue weighted by Gasteiger charge is 2.17. The molecule has 5 nitrogen and oxygen atoms in total. The molecule has 1 amide bonds. The van der Waals surface area contributed by atoms with E-state index >= 15 is 0 Å². The first-order chi connectivity index (χ1) is 8.11. The van der Waals surface area contributed by atoms with E-state index in [9.17, 15) is 4.79 Å². The van der Waals surface area contributed by atoms with Crippen LogP contribution in [0.1, 0.15) is 20.3 Å².